The van der Waals surface area contributed by atoms with Gasteiger partial charge >= 0.3 is 5.97 Å². The lowest BCUT2D eigenvalue weighted by molar-refractivity contribution is -0.160. The lowest BCUT2D eigenvalue weighted by atomic mass is 10.1. The highest BCUT2D eigenvalue weighted by Crippen LogP contribution is 2.04. The summed E-state index contributed by atoms with van der Waals surface area (Å²) in [6, 6.07) is 0. The molecule has 1 atom stereocenters. The van der Waals surface area contributed by atoms with Gasteiger partial charge in [0.1, 0.15) is 0 Å². The first kappa shape index (κ1) is 13.1. The van der Waals surface area contributed by atoms with Crippen LogP contribution in [0.5, 0.6) is 0 Å². The molecule has 0 aromatic heterocycles. The summed E-state index contributed by atoms with van der Waals surface area (Å²) in [5.41, 5.74) is 0. The lowest BCUT2D eigenvalue weighted by Crippen LogP contribution is -2.41. The van der Waals surface area contributed by atoms with Crippen LogP contribution >= 0.6 is 0 Å². The molecule has 0 amide bonds. The molecule has 0 saturated heterocycles. The van der Waals surface area contributed by atoms with E-state index in [0.29, 0.717) is 0 Å². The van der Waals surface area contributed by atoms with Gasteiger partial charge in [-0.1, -0.05) is 27.7 Å². The predicted octanol–water partition coefficient (Wildman–Crippen LogP) is 0.956. The summed E-state index contributed by atoms with van der Waals surface area (Å²) in [5, 5.41) is 2.68. The van der Waals surface area contributed by atoms with Gasteiger partial charge in [0.05, 0.1) is 5.92 Å². The molecule has 0 bridgehead atoms. The van der Waals surface area contributed by atoms with Crippen LogP contribution in [0.3, 0.4) is 0 Å². The molecular formula is C10H19NO3. The van der Waals surface area contributed by atoms with Crippen molar-refractivity contribution in [1.29, 1.82) is 0 Å². The van der Waals surface area contributed by atoms with Crippen molar-refractivity contribution in [3.8, 4) is 0 Å². The highest BCUT2D eigenvalue weighted by molar-refractivity contribution is 5.86. The Morgan fingerprint density at radius 3 is 1.86 bits per heavy atom. The van der Waals surface area contributed by atoms with E-state index in [1.807, 2.05) is 0 Å². The maximum absolute atomic E-state index is 11.5. The van der Waals surface area contributed by atoms with Crippen molar-refractivity contribution in [1.82, 2.24) is 5.32 Å². The van der Waals surface area contributed by atoms with Crippen LogP contribution in [-0.2, 0) is 14.3 Å². The quantitative estimate of drug-likeness (QED) is 0.531. The minimum Gasteiger partial charge on any atom is -0.439 e. The van der Waals surface area contributed by atoms with E-state index < -0.39 is 6.23 Å². The number of ketones is 1. The molecule has 4 heteroatoms. The minimum absolute atomic E-state index is 0.110. The molecule has 4 nitrogen and oxygen atoms in total. The largest absolute Gasteiger partial charge is 0.439 e. The molecule has 0 aliphatic heterocycles. The van der Waals surface area contributed by atoms with E-state index in [2.05, 4.69) is 5.32 Å². The van der Waals surface area contributed by atoms with E-state index in [4.69, 9.17) is 4.74 Å². The van der Waals surface area contributed by atoms with Crippen molar-refractivity contribution in [2.45, 2.75) is 33.9 Å². The third kappa shape index (κ3) is 3.87. The molecule has 0 spiro atoms. The Hall–Kier alpha value is -0.900. The second-order valence-electron chi connectivity index (χ2n) is 3.82. The molecule has 0 rings (SSSR count). The monoisotopic (exact) mass is 201 g/mol. The van der Waals surface area contributed by atoms with Crippen LogP contribution in [0.4, 0.5) is 0 Å². The summed E-state index contributed by atoms with van der Waals surface area (Å²) in [7, 11) is 1.60. The number of rotatable bonds is 5. The average molecular weight is 201 g/mol. The Morgan fingerprint density at radius 1 is 1.07 bits per heavy atom. The fourth-order valence-electron chi connectivity index (χ4n) is 0.814. The molecule has 14 heavy (non-hydrogen) atoms. The fourth-order valence-corrected chi connectivity index (χ4v) is 0.814. The van der Waals surface area contributed by atoms with E-state index in [1.165, 1.54) is 0 Å². The van der Waals surface area contributed by atoms with E-state index in [0.717, 1.165) is 0 Å². The summed E-state index contributed by atoms with van der Waals surface area (Å²) >= 11 is 0. The van der Waals surface area contributed by atoms with Gasteiger partial charge in [-0.25, -0.2) is 0 Å². The molecule has 0 heterocycles. The fraction of sp³-hybridized carbons (Fsp3) is 0.800. The molecule has 0 aliphatic carbocycles. The highest BCUT2D eigenvalue weighted by Gasteiger charge is 2.24. The molecule has 0 aromatic rings. The maximum atomic E-state index is 11.5. The molecule has 1 N–H and O–H groups in total. The smallest absolute Gasteiger partial charge is 0.310 e. The third-order valence-corrected chi connectivity index (χ3v) is 1.80. The summed E-state index contributed by atoms with van der Waals surface area (Å²) in [6.07, 6.45) is -0.815. The van der Waals surface area contributed by atoms with Crippen molar-refractivity contribution in [3.05, 3.63) is 0 Å². The molecule has 82 valence electrons. The summed E-state index contributed by atoms with van der Waals surface area (Å²) < 4.78 is 4.98. The Morgan fingerprint density at radius 2 is 1.57 bits per heavy atom. The van der Waals surface area contributed by atoms with Gasteiger partial charge in [-0.3, -0.25) is 14.9 Å². The maximum Gasteiger partial charge on any atom is 0.310 e. The van der Waals surface area contributed by atoms with Crippen LogP contribution in [0.1, 0.15) is 27.7 Å². The second kappa shape index (κ2) is 5.75. The number of likely N-dealkylation sites (N-methyl/N-ethyl adjacent to an activating group) is 1. The molecule has 0 radical (unpaired) electrons. The van der Waals surface area contributed by atoms with Crippen molar-refractivity contribution < 1.29 is 14.3 Å². The van der Waals surface area contributed by atoms with Gasteiger partial charge in [0, 0.05) is 5.92 Å². The number of Topliss-reactive ketones (excluding diaryl/α,β-unsaturated/α-hetero) is 1. The summed E-state index contributed by atoms with van der Waals surface area (Å²) in [6.45, 7) is 7.01. The molecular weight excluding hydrogens is 182 g/mol. The van der Waals surface area contributed by atoms with Crippen LogP contribution in [0.25, 0.3) is 0 Å². The zero-order valence-corrected chi connectivity index (χ0v) is 9.46. The second-order valence-corrected chi connectivity index (χ2v) is 3.82. The van der Waals surface area contributed by atoms with Crippen LogP contribution in [0.15, 0.2) is 0 Å². The minimum atomic E-state index is -0.815. The van der Waals surface area contributed by atoms with E-state index >= 15 is 0 Å². The standard InChI is InChI=1S/C10H19NO3/c1-6(2)8(12)9(11-5)14-10(13)7(3)4/h6-7,9,11H,1-5H3. The highest BCUT2D eigenvalue weighted by atomic mass is 16.6. The van der Waals surface area contributed by atoms with Crippen molar-refractivity contribution in [2.24, 2.45) is 11.8 Å². The number of hydrogen-bond acceptors (Lipinski definition) is 4. The number of carbonyl (C=O) groups is 2. The van der Waals surface area contributed by atoms with Gasteiger partial charge in [-0.05, 0) is 7.05 Å². The number of hydrogen-bond donors (Lipinski definition) is 1. The van der Waals surface area contributed by atoms with Crippen molar-refractivity contribution >= 4 is 11.8 Å². The van der Waals surface area contributed by atoms with Gasteiger partial charge in [0.15, 0.2) is 5.78 Å². The zero-order chi connectivity index (χ0) is 11.3. The average Bonchev–Trinajstić information content (AvgIpc) is 2.12. The summed E-state index contributed by atoms with van der Waals surface area (Å²) in [5.74, 6) is -0.835. The molecule has 0 saturated carbocycles. The van der Waals surface area contributed by atoms with Gasteiger partial charge in [0.25, 0.3) is 0 Å². The van der Waals surface area contributed by atoms with Crippen molar-refractivity contribution in [3.63, 3.8) is 0 Å². The first-order valence-electron chi connectivity index (χ1n) is 4.81. The van der Waals surface area contributed by atoms with E-state index in [-0.39, 0.29) is 23.6 Å². The Bertz CT molecular complexity index is 211. The zero-order valence-electron chi connectivity index (χ0n) is 9.46. The molecule has 0 aromatic carbocycles. The van der Waals surface area contributed by atoms with Gasteiger partial charge in [-0.2, -0.15) is 0 Å². The first-order chi connectivity index (χ1) is 6.40. The number of esters is 1. The van der Waals surface area contributed by atoms with Crippen LogP contribution in [0.2, 0.25) is 0 Å². The Balaban J connectivity index is 4.30. The predicted molar refractivity (Wildman–Crippen MR) is 53.6 cm³/mol. The normalized spacial score (nSPS) is 13.1. The number of nitrogens with one attached hydrogen (secondary N) is 1. The van der Waals surface area contributed by atoms with Crippen LogP contribution < -0.4 is 5.32 Å². The number of ether oxygens (including phenoxy) is 1. The summed E-state index contributed by atoms with van der Waals surface area (Å²) in [4.78, 5) is 22.7. The van der Waals surface area contributed by atoms with Gasteiger partial charge in [0.2, 0.25) is 6.23 Å². The lowest BCUT2D eigenvalue weighted by Gasteiger charge is -2.18. The topological polar surface area (TPSA) is 55.4 Å². The Labute approximate surface area is 85.0 Å². The van der Waals surface area contributed by atoms with Crippen LogP contribution in [0, 0.1) is 11.8 Å². The van der Waals surface area contributed by atoms with Gasteiger partial charge < -0.3 is 4.74 Å². The SMILES string of the molecule is CNC(OC(=O)C(C)C)C(=O)C(C)C. The Kier molecular flexibility index (Phi) is 5.38. The van der Waals surface area contributed by atoms with E-state index in [9.17, 15) is 9.59 Å². The van der Waals surface area contributed by atoms with Gasteiger partial charge in [-0.15, -0.1) is 0 Å². The number of carbonyl (C=O) groups excluding carboxylic acids is 2. The molecule has 0 aliphatic rings. The molecule has 1 unspecified atom stereocenters. The van der Waals surface area contributed by atoms with Crippen molar-refractivity contribution in [2.75, 3.05) is 7.05 Å². The molecule has 0 fully saturated rings. The van der Waals surface area contributed by atoms with Crippen LogP contribution in [-0.4, -0.2) is 25.0 Å². The first-order valence-corrected chi connectivity index (χ1v) is 4.81. The third-order valence-electron chi connectivity index (χ3n) is 1.80. The van der Waals surface area contributed by atoms with E-state index in [1.54, 1.807) is 34.7 Å².